The Bertz CT molecular complexity index is 431. The van der Waals surface area contributed by atoms with Crippen molar-refractivity contribution in [2.45, 2.75) is 38.9 Å². The van der Waals surface area contributed by atoms with Crippen LogP contribution in [0.5, 0.6) is 5.75 Å². The molecule has 1 aromatic rings. The maximum absolute atomic E-state index is 11.8. The third kappa shape index (κ3) is 3.01. The van der Waals surface area contributed by atoms with Crippen molar-refractivity contribution in [2.75, 3.05) is 6.54 Å². The van der Waals surface area contributed by atoms with E-state index in [1.54, 1.807) is 0 Å². The third-order valence-electron chi connectivity index (χ3n) is 3.14. The van der Waals surface area contributed by atoms with E-state index in [1.807, 2.05) is 25.1 Å². The average molecular weight is 249 g/mol. The number of hydrogen-bond acceptors (Lipinski definition) is 3. The number of aliphatic hydroxyl groups is 1. The molecule has 1 amide bonds. The summed E-state index contributed by atoms with van der Waals surface area (Å²) in [5.41, 5.74) is 1.80. The highest BCUT2D eigenvalue weighted by Gasteiger charge is 2.23. The van der Waals surface area contributed by atoms with Crippen molar-refractivity contribution >= 4 is 5.91 Å². The fraction of sp³-hybridized carbons (Fsp3) is 0.500. The van der Waals surface area contributed by atoms with Crippen LogP contribution >= 0.6 is 0 Å². The van der Waals surface area contributed by atoms with Gasteiger partial charge in [0.1, 0.15) is 5.75 Å². The van der Waals surface area contributed by atoms with Crippen molar-refractivity contribution < 1.29 is 14.6 Å². The SMILES string of the molecule is Cc1ccc(OC2CCCCNC2=O)c(CO)c1. The van der Waals surface area contributed by atoms with E-state index in [1.165, 1.54) is 0 Å². The molecule has 0 aromatic heterocycles. The molecule has 4 nitrogen and oxygen atoms in total. The molecular weight excluding hydrogens is 230 g/mol. The van der Waals surface area contributed by atoms with Gasteiger partial charge >= 0.3 is 0 Å². The number of ether oxygens (including phenoxy) is 1. The third-order valence-corrected chi connectivity index (χ3v) is 3.14. The molecule has 1 unspecified atom stereocenters. The average Bonchev–Trinajstić information content (AvgIpc) is 2.57. The summed E-state index contributed by atoms with van der Waals surface area (Å²) in [7, 11) is 0. The van der Waals surface area contributed by atoms with E-state index in [2.05, 4.69) is 5.32 Å². The molecule has 0 bridgehead atoms. The topological polar surface area (TPSA) is 58.6 Å². The Morgan fingerprint density at radius 1 is 1.44 bits per heavy atom. The number of aliphatic hydroxyl groups excluding tert-OH is 1. The Labute approximate surface area is 107 Å². The Balaban J connectivity index is 2.14. The van der Waals surface area contributed by atoms with Crippen molar-refractivity contribution in [1.82, 2.24) is 5.32 Å². The van der Waals surface area contributed by atoms with E-state index in [0.29, 0.717) is 5.75 Å². The summed E-state index contributed by atoms with van der Waals surface area (Å²) in [6.45, 7) is 2.60. The summed E-state index contributed by atoms with van der Waals surface area (Å²) in [4.78, 5) is 11.8. The van der Waals surface area contributed by atoms with E-state index < -0.39 is 6.10 Å². The molecular formula is C14H19NO3. The summed E-state index contributed by atoms with van der Waals surface area (Å²) in [6.07, 6.45) is 2.25. The maximum atomic E-state index is 11.8. The molecule has 1 aliphatic rings. The van der Waals surface area contributed by atoms with Gasteiger partial charge in [0.05, 0.1) is 6.61 Å². The molecule has 1 saturated heterocycles. The number of carbonyl (C=O) groups is 1. The number of carbonyl (C=O) groups excluding carboxylic acids is 1. The number of hydrogen-bond donors (Lipinski definition) is 2. The molecule has 0 aliphatic carbocycles. The lowest BCUT2D eigenvalue weighted by Gasteiger charge is -2.18. The first-order valence-corrected chi connectivity index (χ1v) is 6.35. The van der Waals surface area contributed by atoms with Crippen LogP contribution in [0.1, 0.15) is 30.4 Å². The van der Waals surface area contributed by atoms with E-state index in [0.717, 1.165) is 36.9 Å². The number of benzene rings is 1. The van der Waals surface area contributed by atoms with Crippen LogP contribution in [0.15, 0.2) is 18.2 Å². The monoisotopic (exact) mass is 249 g/mol. The summed E-state index contributed by atoms with van der Waals surface area (Å²) < 4.78 is 5.75. The predicted molar refractivity (Wildman–Crippen MR) is 68.4 cm³/mol. The van der Waals surface area contributed by atoms with Gasteiger partial charge in [-0.3, -0.25) is 4.79 Å². The number of nitrogens with one attached hydrogen (secondary N) is 1. The molecule has 1 aliphatic heterocycles. The van der Waals surface area contributed by atoms with Crippen LogP contribution in [-0.4, -0.2) is 23.7 Å². The van der Waals surface area contributed by atoms with Gasteiger partial charge in [-0.05, 0) is 32.3 Å². The molecule has 1 aromatic carbocycles. The lowest BCUT2D eigenvalue weighted by molar-refractivity contribution is -0.127. The zero-order valence-electron chi connectivity index (χ0n) is 10.6. The van der Waals surface area contributed by atoms with Crippen molar-refractivity contribution in [2.24, 2.45) is 0 Å². The smallest absolute Gasteiger partial charge is 0.261 e. The molecule has 0 spiro atoms. The van der Waals surface area contributed by atoms with Gasteiger partial charge in [0.25, 0.3) is 5.91 Å². The van der Waals surface area contributed by atoms with Crippen LogP contribution in [0.4, 0.5) is 0 Å². The Morgan fingerprint density at radius 3 is 3.06 bits per heavy atom. The lowest BCUT2D eigenvalue weighted by atomic mass is 10.1. The van der Waals surface area contributed by atoms with Gasteiger partial charge in [-0.25, -0.2) is 0 Å². The number of aryl methyl sites for hydroxylation is 1. The highest BCUT2D eigenvalue weighted by molar-refractivity contribution is 5.81. The van der Waals surface area contributed by atoms with Crippen LogP contribution in [0.25, 0.3) is 0 Å². The summed E-state index contributed by atoms with van der Waals surface area (Å²) in [5, 5.41) is 12.2. The Morgan fingerprint density at radius 2 is 2.28 bits per heavy atom. The fourth-order valence-corrected chi connectivity index (χ4v) is 2.12. The van der Waals surface area contributed by atoms with Gasteiger partial charge in [-0.1, -0.05) is 17.7 Å². The minimum atomic E-state index is -0.444. The van der Waals surface area contributed by atoms with Gasteiger partial charge in [0.15, 0.2) is 6.10 Å². The highest BCUT2D eigenvalue weighted by atomic mass is 16.5. The second-order valence-corrected chi connectivity index (χ2v) is 4.66. The van der Waals surface area contributed by atoms with Gasteiger partial charge in [-0.2, -0.15) is 0 Å². The lowest BCUT2D eigenvalue weighted by Crippen LogP contribution is -2.36. The molecule has 2 N–H and O–H groups in total. The van der Waals surface area contributed by atoms with E-state index in [9.17, 15) is 9.90 Å². The van der Waals surface area contributed by atoms with Gasteiger partial charge in [-0.15, -0.1) is 0 Å². The molecule has 1 heterocycles. The Hall–Kier alpha value is -1.55. The molecule has 18 heavy (non-hydrogen) atoms. The van der Waals surface area contributed by atoms with Crippen molar-refractivity contribution in [1.29, 1.82) is 0 Å². The van der Waals surface area contributed by atoms with E-state index in [4.69, 9.17) is 4.74 Å². The zero-order valence-corrected chi connectivity index (χ0v) is 10.6. The normalized spacial score (nSPS) is 20.1. The quantitative estimate of drug-likeness (QED) is 0.854. The van der Waals surface area contributed by atoms with Crippen LogP contribution in [0, 0.1) is 6.92 Å². The largest absolute Gasteiger partial charge is 0.480 e. The van der Waals surface area contributed by atoms with Crippen LogP contribution in [-0.2, 0) is 11.4 Å². The standard InChI is InChI=1S/C14H19NO3/c1-10-5-6-12(11(8-10)9-16)18-13-4-2-3-7-15-14(13)17/h5-6,8,13,16H,2-4,7,9H2,1H3,(H,15,17). The second-order valence-electron chi connectivity index (χ2n) is 4.66. The van der Waals surface area contributed by atoms with Gasteiger partial charge in [0.2, 0.25) is 0 Å². The molecule has 0 radical (unpaired) electrons. The Kier molecular flexibility index (Phi) is 4.20. The minimum absolute atomic E-state index is 0.0584. The fourth-order valence-electron chi connectivity index (χ4n) is 2.12. The first kappa shape index (κ1) is 12.9. The maximum Gasteiger partial charge on any atom is 0.261 e. The van der Waals surface area contributed by atoms with Gasteiger partial charge < -0.3 is 15.2 Å². The van der Waals surface area contributed by atoms with E-state index in [-0.39, 0.29) is 12.5 Å². The first-order chi connectivity index (χ1) is 8.70. The molecule has 2 rings (SSSR count). The van der Waals surface area contributed by atoms with Crippen LogP contribution in [0.3, 0.4) is 0 Å². The number of amides is 1. The van der Waals surface area contributed by atoms with Crippen LogP contribution < -0.4 is 10.1 Å². The molecule has 98 valence electrons. The molecule has 1 fully saturated rings. The summed E-state index contributed by atoms with van der Waals surface area (Å²) >= 11 is 0. The minimum Gasteiger partial charge on any atom is -0.480 e. The molecule has 1 atom stereocenters. The summed E-state index contributed by atoms with van der Waals surface area (Å²) in [6, 6.07) is 5.62. The second kappa shape index (κ2) is 5.87. The van der Waals surface area contributed by atoms with E-state index >= 15 is 0 Å². The number of rotatable bonds is 3. The van der Waals surface area contributed by atoms with Crippen molar-refractivity contribution in [3.63, 3.8) is 0 Å². The molecule has 4 heteroatoms. The predicted octanol–water partition coefficient (Wildman–Crippen LogP) is 1.53. The van der Waals surface area contributed by atoms with Gasteiger partial charge in [0, 0.05) is 12.1 Å². The zero-order chi connectivity index (χ0) is 13.0. The highest BCUT2D eigenvalue weighted by Crippen LogP contribution is 2.23. The van der Waals surface area contributed by atoms with Crippen molar-refractivity contribution in [3.8, 4) is 5.75 Å². The molecule has 0 saturated carbocycles. The first-order valence-electron chi connectivity index (χ1n) is 6.35. The summed E-state index contributed by atoms with van der Waals surface area (Å²) in [5.74, 6) is 0.544. The van der Waals surface area contributed by atoms with Crippen molar-refractivity contribution in [3.05, 3.63) is 29.3 Å². The van der Waals surface area contributed by atoms with Crippen LogP contribution in [0.2, 0.25) is 0 Å².